The van der Waals surface area contributed by atoms with Crippen LogP contribution in [0.3, 0.4) is 0 Å². The van der Waals surface area contributed by atoms with E-state index in [0.717, 1.165) is 4.88 Å². The monoisotopic (exact) mass is 250 g/mol. The molecule has 17 heavy (non-hydrogen) atoms. The van der Waals surface area contributed by atoms with Crippen molar-refractivity contribution in [3.63, 3.8) is 0 Å². The standard InChI is InChI=1S/C11H10N2O3S/c12-8-3-4-9(11(14)15)13-10(8)16-6-7-2-1-5-17-7/h1-5H,6,12H2,(H,14,15). The van der Waals surface area contributed by atoms with Crippen LogP contribution in [0.25, 0.3) is 0 Å². The number of nitrogens with two attached hydrogens (primary N) is 1. The molecule has 6 heteroatoms. The minimum atomic E-state index is -1.11. The van der Waals surface area contributed by atoms with Gasteiger partial charge in [0.25, 0.3) is 0 Å². The van der Waals surface area contributed by atoms with Gasteiger partial charge in [0, 0.05) is 4.88 Å². The summed E-state index contributed by atoms with van der Waals surface area (Å²) in [6.45, 7) is 0.331. The van der Waals surface area contributed by atoms with Gasteiger partial charge in [-0.1, -0.05) is 6.07 Å². The van der Waals surface area contributed by atoms with Gasteiger partial charge in [-0.2, -0.15) is 0 Å². The topological polar surface area (TPSA) is 85.4 Å². The zero-order valence-corrected chi connectivity index (χ0v) is 9.61. The lowest BCUT2D eigenvalue weighted by Crippen LogP contribution is -2.05. The summed E-state index contributed by atoms with van der Waals surface area (Å²) in [6, 6.07) is 6.64. The Kier molecular flexibility index (Phi) is 3.24. The smallest absolute Gasteiger partial charge is 0.354 e. The summed E-state index contributed by atoms with van der Waals surface area (Å²) in [6.07, 6.45) is 0. The van der Waals surface area contributed by atoms with Crippen LogP contribution in [0.2, 0.25) is 0 Å². The molecule has 2 rings (SSSR count). The summed E-state index contributed by atoms with van der Waals surface area (Å²) in [4.78, 5) is 15.6. The molecule has 0 aromatic carbocycles. The Labute approximate surface area is 101 Å². The van der Waals surface area contributed by atoms with Gasteiger partial charge in [-0.05, 0) is 23.6 Å². The molecule has 0 aliphatic rings. The third kappa shape index (κ3) is 2.73. The maximum absolute atomic E-state index is 10.7. The second-order valence-corrected chi connectivity index (χ2v) is 4.30. The van der Waals surface area contributed by atoms with Crippen molar-refractivity contribution in [1.82, 2.24) is 4.98 Å². The summed E-state index contributed by atoms with van der Waals surface area (Å²) >= 11 is 1.55. The van der Waals surface area contributed by atoms with E-state index in [1.165, 1.54) is 12.1 Å². The summed E-state index contributed by atoms with van der Waals surface area (Å²) in [5, 5.41) is 10.7. The number of rotatable bonds is 4. The van der Waals surface area contributed by atoms with Crippen molar-refractivity contribution in [3.8, 4) is 5.88 Å². The van der Waals surface area contributed by atoms with E-state index in [1.807, 2.05) is 17.5 Å². The van der Waals surface area contributed by atoms with Gasteiger partial charge >= 0.3 is 5.97 Å². The number of nitrogen functional groups attached to an aromatic ring is 1. The van der Waals surface area contributed by atoms with E-state index < -0.39 is 5.97 Å². The molecule has 0 bridgehead atoms. The van der Waals surface area contributed by atoms with Crippen molar-refractivity contribution in [2.24, 2.45) is 0 Å². The molecule has 2 heterocycles. The van der Waals surface area contributed by atoms with Gasteiger partial charge in [0.05, 0.1) is 5.69 Å². The molecule has 0 unspecified atom stereocenters. The Balaban J connectivity index is 2.14. The summed E-state index contributed by atoms with van der Waals surface area (Å²) in [5.41, 5.74) is 5.89. The van der Waals surface area contributed by atoms with Gasteiger partial charge < -0.3 is 15.6 Å². The zero-order chi connectivity index (χ0) is 12.3. The number of nitrogens with zero attached hydrogens (tertiary/aromatic N) is 1. The van der Waals surface area contributed by atoms with Crippen molar-refractivity contribution in [2.75, 3.05) is 5.73 Å². The number of aromatic carboxylic acids is 1. The quantitative estimate of drug-likeness (QED) is 0.866. The van der Waals surface area contributed by atoms with Crippen molar-refractivity contribution in [3.05, 3.63) is 40.2 Å². The van der Waals surface area contributed by atoms with Crippen LogP contribution in [-0.2, 0) is 6.61 Å². The van der Waals surface area contributed by atoms with Crippen LogP contribution in [0, 0.1) is 0 Å². The van der Waals surface area contributed by atoms with E-state index in [-0.39, 0.29) is 11.6 Å². The van der Waals surface area contributed by atoms with Gasteiger partial charge in [0.1, 0.15) is 6.61 Å². The molecule has 2 aromatic rings. The number of ether oxygens (including phenoxy) is 1. The molecule has 0 spiro atoms. The number of aromatic nitrogens is 1. The predicted octanol–water partition coefficient (Wildman–Crippen LogP) is 2.00. The van der Waals surface area contributed by atoms with Gasteiger partial charge in [0.15, 0.2) is 5.69 Å². The highest BCUT2D eigenvalue weighted by atomic mass is 32.1. The normalized spacial score (nSPS) is 10.1. The van der Waals surface area contributed by atoms with Crippen molar-refractivity contribution < 1.29 is 14.6 Å². The summed E-state index contributed by atoms with van der Waals surface area (Å²) < 4.78 is 5.38. The first-order chi connectivity index (χ1) is 8.16. The Morgan fingerprint density at radius 1 is 1.47 bits per heavy atom. The fourth-order valence-corrected chi connectivity index (χ4v) is 1.84. The lowest BCUT2D eigenvalue weighted by molar-refractivity contribution is 0.0689. The Morgan fingerprint density at radius 3 is 2.94 bits per heavy atom. The molecule has 0 saturated heterocycles. The van der Waals surface area contributed by atoms with Crippen molar-refractivity contribution in [2.45, 2.75) is 6.61 Å². The van der Waals surface area contributed by atoms with Crippen LogP contribution < -0.4 is 10.5 Å². The number of pyridine rings is 1. The van der Waals surface area contributed by atoms with Crippen LogP contribution in [0.1, 0.15) is 15.4 Å². The minimum absolute atomic E-state index is 0.0830. The molecular formula is C11H10N2O3S. The van der Waals surface area contributed by atoms with E-state index in [0.29, 0.717) is 12.3 Å². The molecule has 3 N–H and O–H groups in total. The molecule has 0 aliphatic carbocycles. The summed E-state index contributed by atoms with van der Waals surface area (Å²) in [5.74, 6) is -0.954. The first-order valence-corrected chi connectivity index (χ1v) is 5.70. The first-order valence-electron chi connectivity index (χ1n) is 4.82. The number of anilines is 1. The van der Waals surface area contributed by atoms with Gasteiger partial charge in [-0.25, -0.2) is 9.78 Å². The molecule has 0 amide bonds. The number of carbonyl (C=O) groups is 1. The Bertz CT molecular complexity index is 526. The van der Waals surface area contributed by atoms with E-state index in [4.69, 9.17) is 15.6 Å². The number of thiophene rings is 1. The second kappa shape index (κ2) is 4.84. The Hall–Kier alpha value is -2.08. The van der Waals surface area contributed by atoms with Crippen molar-refractivity contribution >= 4 is 23.0 Å². The second-order valence-electron chi connectivity index (χ2n) is 3.26. The van der Waals surface area contributed by atoms with E-state index in [9.17, 15) is 4.79 Å². The SMILES string of the molecule is Nc1ccc(C(=O)O)nc1OCc1cccs1. The van der Waals surface area contributed by atoms with Gasteiger partial charge in [0.2, 0.25) is 5.88 Å². The maximum atomic E-state index is 10.7. The van der Waals surface area contributed by atoms with Crippen LogP contribution in [-0.4, -0.2) is 16.1 Å². The highest BCUT2D eigenvalue weighted by Gasteiger charge is 2.09. The van der Waals surface area contributed by atoms with E-state index in [1.54, 1.807) is 11.3 Å². The zero-order valence-electron chi connectivity index (χ0n) is 8.79. The number of hydrogen-bond donors (Lipinski definition) is 2. The molecule has 0 aliphatic heterocycles. The molecule has 88 valence electrons. The van der Waals surface area contributed by atoms with Crippen LogP contribution in [0.15, 0.2) is 29.6 Å². The minimum Gasteiger partial charge on any atom is -0.477 e. The average molecular weight is 250 g/mol. The highest BCUT2D eigenvalue weighted by Crippen LogP contribution is 2.20. The van der Waals surface area contributed by atoms with Crippen LogP contribution in [0.4, 0.5) is 5.69 Å². The number of carboxylic acid groups (broad SMARTS) is 1. The first kappa shape index (κ1) is 11.4. The van der Waals surface area contributed by atoms with Crippen molar-refractivity contribution in [1.29, 1.82) is 0 Å². The fourth-order valence-electron chi connectivity index (χ4n) is 1.22. The van der Waals surface area contributed by atoms with Crippen LogP contribution in [0.5, 0.6) is 5.88 Å². The molecule has 0 saturated carbocycles. The van der Waals surface area contributed by atoms with Gasteiger partial charge in [-0.15, -0.1) is 11.3 Å². The van der Waals surface area contributed by atoms with E-state index in [2.05, 4.69) is 4.98 Å². The average Bonchev–Trinajstić information content (AvgIpc) is 2.80. The van der Waals surface area contributed by atoms with E-state index >= 15 is 0 Å². The number of hydrogen-bond acceptors (Lipinski definition) is 5. The maximum Gasteiger partial charge on any atom is 0.354 e. The summed E-state index contributed by atoms with van der Waals surface area (Å²) in [7, 11) is 0. The van der Waals surface area contributed by atoms with Crippen LogP contribution >= 0.6 is 11.3 Å². The highest BCUT2D eigenvalue weighted by molar-refractivity contribution is 7.09. The fraction of sp³-hybridized carbons (Fsp3) is 0.0909. The van der Waals surface area contributed by atoms with Gasteiger partial charge in [-0.3, -0.25) is 0 Å². The molecule has 5 nitrogen and oxygen atoms in total. The Morgan fingerprint density at radius 2 is 2.29 bits per heavy atom. The lowest BCUT2D eigenvalue weighted by atomic mass is 10.3. The third-order valence-electron chi connectivity index (χ3n) is 2.04. The molecular weight excluding hydrogens is 240 g/mol. The molecule has 2 aromatic heterocycles. The third-order valence-corrected chi connectivity index (χ3v) is 2.89. The predicted molar refractivity (Wildman–Crippen MR) is 64.3 cm³/mol. The number of carboxylic acids is 1. The molecule has 0 atom stereocenters. The lowest BCUT2D eigenvalue weighted by Gasteiger charge is -2.07. The molecule has 0 fully saturated rings. The molecule has 0 radical (unpaired) electrons. The largest absolute Gasteiger partial charge is 0.477 e.